The third-order valence-electron chi connectivity index (χ3n) is 2.90. The summed E-state index contributed by atoms with van der Waals surface area (Å²) in [5.41, 5.74) is -0.917. The van der Waals surface area contributed by atoms with E-state index in [9.17, 15) is 13.6 Å². The molecule has 0 aliphatic heterocycles. The Morgan fingerprint density at radius 3 is 2.37 bits per heavy atom. The Balaban J connectivity index is 2.98. The monoisotopic (exact) mass is 268 g/mol. The van der Waals surface area contributed by atoms with Gasteiger partial charge in [0.15, 0.2) is 0 Å². The van der Waals surface area contributed by atoms with Crippen molar-refractivity contribution >= 4 is 5.91 Å². The van der Waals surface area contributed by atoms with E-state index in [0.717, 1.165) is 12.1 Å². The van der Waals surface area contributed by atoms with E-state index >= 15 is 0 Å². The second-order valence-electron chi connectivity index (χ2n) is 4.35. The van der Waals surface area contributed by atoms with Crippen molar-refractivity contribution in [2.45, 2.75) is 19.9 Å². The normalized spacial score (nSPS) is 13.5. The van der Waals surface area contributed by atoms with E-state index in [1.165, 1.54) is 0 Å². The van der Waals surface area contributed by atoms with Crippen LogP contribution in [0.2, 0.25) is 0 Å². The molecule has 1 rings (SSSR count). The molecular formula is C13H14F2N2O2. The van der Waals surface area contributed by atoms with E-state index in [2.05, 4.69) is 5.32 Å². The summed E-state index contributed by atoms with van der Waals surface area (Å²) < 4.78 is 27.2. The maximum absolute atomic E-state index is 13.6. The fraction of sp³-hybridized carbons (Fsp3) is 0.385. The van der Waals surface area contributed by atoms with Crippen LogP contribution in [0.5, 0.6) is 0 Å². The van der Waals surface area contributed by atoms with Crippen molar-refractivity contribution in [3.63, 3.8) is 0 Å². The van der Waals surface area contributed by atoms with Gasteiger partial charge in [0.25, 0.3) is 5.91 Å². The highest BCUT2D eigenvalue weighted by atomic mass is 19.1. The van der Waals surface area contributed by atoms with E-state index in [0.29, 0.717) is 0 Å². The predicted molar refractivity (Wildman–Crippen MR) is 64.3 cm³/mol. The van der Waals surface area contributed by atoms with Gasteiger partial charge in [-0.15, -0.1) is 0 Å². The molecule has 0 aromatic heterocycles. The number of nitrogens with one attached hydrogen (secondary N) is 1. The van der Waals surface area contributed by atoms with Gasteiger partial charge in [-0.3, -0.25) is 4.79 Å². The highest BCUT2D eigenvalue weighted by Gasteiger charge is 2.21. The molecule has 102 valence electrons. The van der Waals surface area contributed by atoms with Crippen LogP contribution in [0.3, 0.4) is 0 Å². The number of halogens is 2. The molecule has 0 aliphatic rings. The van der Waals surface area contributed by atoms with Crippen molar-refractivity contribution in [2.24, 2.45) is 5.92 Å². The highest BCUT2D eigenvalue weighted by Crippen LogP contribution is 2.15. The smallest absolute Gasteiger partial charge is 0.257 e. The molecule has 0 saturated heterocycles. The van der Waals surface area contributed by atoms with E-state index in [4.69, 9.17) is 10.4 Å². The summed E-state index contributed by atoms with van der Waals surface area (Å²) in [5.74, 6) is -3.32. The van der Waals surface area contributed by atoms with Crippen molar-refractivity contribution in [1.29, 1.82) is 5.26 Å². The SMILES string of the molecule is CC(CO)C(C)NC(=O)c1c(F)cc(C#N)cc1F. The molecular weight excluding hydrogens is 254 g/mol. The first kappa shape index (κ1) is 15.1. The zero-order chi connectivity index (χ0) is 14.6. The number of carbonyl (C=O) groups excluding carboxylic acids is 1. The maximum Gasteiger partial charge on any atom is 0.257 e. The summed E-state index contributed by atoms with van der Waals surface area (Å²) in [6.07, 6.45) is 0. The summed E-state index contributed by atoms with van der Waals surface area (Å²) in [6, 6.07) is 2.77. The molecule has 0 heterocycles. The standard InChI is InChI=1S/C13H14F2N2O2/c1-7(6-18)8(2)17-13(19)12-10(14)3-9(5-16)4-11(12)15/h3-4,7-8,18H,6H2,1-2H3,(H,17,19). The summed E-state index contributed by atoms with van der Waals surface area (Å²) in [4.78, 5) is 11.8. The minimum atomic E-state index is -1.09. The minimum Gasteiger partial charge on any atom is -0.396 e. The fourth-order valence-electron chi connectivity index (χ4n) is 1.43. The van der Waals surface area contributed by atoms with Crippen LogP contribution in [0.25, 0.3) is 0 Å². The number of carbonyl (C=O) groups is 1. The topological polar surface area (TPSA) is 73.1 Å². The van der Waals surface area contributed by atoms with Crippen LogP contribution in [0, 0.1) is 28.9 Å². The Morgan fingerprint density at radius 1 is 1.42 bits per heavy atom. The number of hydrogen-bond acceptors (Lipinski definition) is 3. The van der Waals surface area contributed by atoms with Crippen LogP contribution < -0.4 is 5.32 Å². The molecule has 0 fully saturated rings. The van der Waals surface area contributed by atoms with Gasteiger partial charge in [0, 0.05) is 12.6 Å². The molecule has 2 N–H and O–H groups in total. The molecule has 0 bridgehead atoms. The number of aliphatic hydroxyl groups excluding tert-OH is 1. The molecule has 19 heavy (non-hydrogen) atoms. The maximum atomic E-state index is 13.6. The first-order valence-corrected chi connectivity index (χ1v) is 5.71. The minimum absolute atomic E-state index is 0.153. The van der Waals surface area contributed by atoms with Crippen LogP contribution in [0.15, 0.2) is 12.1 Å². The molecule has 6 heteroatoms. The van der Waals surface area contributed by atoms with Crippen molar-refractivity contribution in [3.05, 3.63) is 34.9 Å². The second-order valence-corrected chi connectivity index (χ2v) is 4.35. The molecule has 2 atom stereocenters. The van der Waals surface area contributed by atoms with Crippen molar-refractivity contribution < 1.29 is 18.7 Å². The Kier molecular flexibility index (Phi) is 4.95. The zero-order valence-corrected chi connectivity index (χ0v) is 10.6. The lowest BCUT2D eigenvalue weighted by atomic mass is 10.0. The first-order chi connectivity index (χ1) is 8.90. The van der Waals surface area contributed by atoms with Crippen molar-refractivity contribution in [2.75, 3.05) is 6.61 Å². The van der Waals surface area contributed by atoms with E-state index in [1.807, 2.05) is 0 Å². The van der Waals surface area contributed by atoms with Gasteiger partial charge >= 0.3 is 0 Å². The van der Waals surface area contributed by atoms with Gasteiger partial charge in [-0.2, -0.15) is 5.26 Å². The van der Waals surface area contributed by atoms with Gasteiger partial charge < -0.3 is 10.4 Å². The van der Waals surface area contributed by atoms with Crippen molar-refractivity contribution in [1.82, 2.24) is 5.32 Å². The lowest BCUT2D eigenvalue weighted by molar-refractivity contribution is 0.0908. The van der Waals surface area contributed by atoms with E-state index < -0.39 is 29.1 Å². The van der Waals surface area contributed by atoms with Gasteiger partial charge in [0.1, 0.15) is 17.2 Å². The molecule has 1 amide bonds. The molecule has 1 aromatic rings. The average molecular weight is 268 g/mol. The third-order valence-corrected chi connectivity index (χ3v) is 2.90. The lowest BCUT2D eigenvalue weighted by Crippen LogP contribution is -2.39. The van der Waals surface area contributed by atoms with Crippen LogP contribution in [0.4, 0.5) is 8.78 Å². The number of nitriles is 1. The van der Waals surface area contributed by atoms with Crippen LogP contribution in [-0.2, 0) is 0 Å². The second kappa shape index (κ2) is 6.25. The summed E-state index contributed by atoms with van der Waals surface area (Å²) in [5, 5.41) is 19.9. The molecule has 2 unspecified atom stereocenters. The van der Waals surface area contributed by atoms with Crippen LogP contribution in [-0.4, -0.2) is 23.7 Å². The number of amides is 1. The van der Waals surface area contributed by atoms with Crippen LogP contribution in [0.1, 0.15) is 29.8 Å². The number of rotatable bonds is 4. The lowest BCUT2D eigenvalue weighted by Gasteiger charge is -2.19. The van der Waals surface area contributed by atoms with Crippen molar-refractivity contribution in [3.8, 4) is 6.07 Å². The fourth-order valence-corrected chi connectivity index (χ4v) is 1.43. The highest BCUT2D eigenvalue weighted by molar-refractivity contribution is 5.95. The molecule has 1 aromatic carbocycles. The van der Waals surface area contributed by atoms with Gasteiger partial charge in [-0.05, 0) is 25.0 Å². The zero-order valence-electron chi connectivity index (χ0n) is 10.6. The Labute approximate surface area is 109 Å². The number of aliphatic hydroxyl groups is 1. The molecule has 0 radical (unpaired) electrons. The Morgan fingerprint density at radius 2 is 1.95 bits per heavy atom. The predicted octanol–water partition coefficient (Wildman–Crippen LogP) is 1.58. The summed E-state index contributed by atoms with van der Waals surface area (Å²) in [7, 11) is 0. The van der Waals surface area contributed by atoms with Gasteiger partial charge in [-0.1, -0.05) is 6.92 Å². The van der Waals surface area contributed by atoms with Crippen LogP contribution >= 0.6 is 0 Å². The molecule has 4 nitrogen and oxygen atoms in total. The largest absolute Gasteiger partial charge is 0.396 e. The third kappa shape index (κ3) is 3.48. The molecule has 0 spiro atoms. The summed E-state index contributed by atoms with van der Waals surface area (Å²) >= 11 is 0. The average Bonchev–Trinajstić information content (AvgIpc) is 2.36. The number of benzene rings is 1. The van der Waals surface area contributed by atoms with E-state index in [1.54, 1.807) is 19.9 Å². The number of nitrogens with zero attached hydrogens (tertiary/aromatic N) is 1. The molecule has 0 saturated carbocycles. The Bertz CT molecular complexity index is 503. The van der Waals surface area contributed by atoms with E-state index in [-0.39, 0.29) is 18.1 Å². The number of hydrogen-bond donors (Lipinski definition) is 2. The Hall–Kier alpha value is -2.00. The molecule has 0 aliphatic carbocycles. The quantitative estimate of drug-likeness (QED) is 0.870. The van der Waals surface area contributed by atoms with Gasteiger partial charge in [-0.25, -0.2) is 8.78 Å². The van der Waals surface area contributed by atoms with Gasteiger partial charge in [0.2, 0.25) is 0 Å². The first-order valence-electron chi connectivity index (χ1n) is 5.71. The van der Waals surface area contributed by atoms with Gasteiger partial charge in [0.05, 0.1) is 11.6 Å². The summed E-state index contributed by atoms with van der Waals surface area (Å²) in [6.45, 7) is 3.16.